The van der Waals surface area contributed by atoms with E-state index in [9.17, 15) is 4.79 Å². The summed E-state index contributed by atoms with van der Waals surface area (Å²) in [6, 6.07) is 25.4. The Morgan fingerprint density at radius 3 is 2.30 bits per heavy atom. The van der Waals surface area contributed by atoms with E-state index >= 15 is 0 Å². The molecule has 3 heteroatoms. The highest BCUT2D eigenvalue weighted by atomic mass is 16.5. The minimum atomic E-state index is -0.132. The molecule has 1 N–H and O–H groups in total. The van der Waals surface area contributed by atoms with E-state index in [4.69, 9.17) is 4.74 Å². The van der Waals surface area contributed by atoms with E-state index in [1.807, 2.05) is 84.9 Å². The standard InChI is InChI=1S/C24H19NO2/c1-27-20-12-13-21-18(14-17-8-4-2-5-9-17)15-23(22(21)16-20)24(26)25-19-10-6-3-7-11-19/h2-16H,1H3,(H,25,26)/b18-14+. The predicted molar refractivity (Wildman–Crippen MR) is 110 cm³/mol. The lowest BCUT2D eigenvalue weighted by atomic mass is 10.0. The van der Waals surface area contributed by atoms with Crippen molar-refractivity contribution in [3.05, 3.63) is 102 Å². The number of carbonyl (C=O) groups is 1. The van der Waals surface area contributed by atoms with Crippen LogP contribution in [0.25, 0.3) is 17.2 Å². The van der Waals surface area contributed by atoms with E-state index in [1.165, 1.54) is 0 Å². The molecule has 3 aromatic rings. The second-order valence-corrected chi connectivity index (χ2v) is 6.30. The molecule has 3 aromatic carbocycles. The van der Waals surface area contributed by atoms with Crippen LogP contribution in [0.15, 0.2) is 84.9 Å². The minimum Gasteiger partial charge on any atom is -0.497 e. The Morgan fingerprint density at radius 1 is 0.889 bits per heavy atom. The molecule has 1 aliphatic rings. The molecule has 0 heterocycles. The van der Waals surface area contributed by atoms with Crippen molar-refractivity contribution in [2.75, 3.05) is 12.4 Å². The highest BCUT2D eigenvalue weighted by Crippen LogP contribution is 2.39. The first-order chi connectivity index (χ1) is 13.2. The summed E-state index contributed by atoms with van der Waals surface area (Å²) >= 11 is 0. The monoisotopic (exact) mass is 353 g/mol. The molecular weight excluding hydrogens is 334 g/mol. The average molecular weight is 353 g/mol. The summed E-state index contributed by atoms with van der Waals surface area (Å²) in [5, 5.41) is 2.97. The highest BCUT2D eigenvalue weighted by molar-refractivity contribution is 6.30. The number of nitrogens with one attached hydrogen (secondary N) is 1. The number of anilines is 1. The molecule has 4 rings (SSSR count). The summed E-state index contributed by atoms with van der Waals surface area (Å²) in [7, 11) is 1.63. The van der Waals surface area contributed by atoms with Gasteiger partial charge in [0.1, 0.15) is 5.75 Å². The molecule has 0 aliphatic heterocycles. The van der Waals surface area contributed by atoms with E-state index in [-0.39, 0.29) is 5.91 Å². The van der Waals surface area contributed by atoms with E-state index in [0.717, 1.165) is 33.7 Å². The van der Waals surface area contributed by atoms with Crippen LogP contribution in [-0.2, 0) is 4.79 Å². The van der Waals surface area contributed by atoms with Gasteiger partial charge < -0.3 is 10.1 Å². The number of amides is 1. The molecule has 1 aliphatic carbocycles. The lowest BCUT2D eigenvalue weighted by molar-refractivity contribution is -0.111. The number of rotatable bonds is 4. The van der Waals surface area contributed by atoms with Crippen molar-refractivity contribution in [1.82, 2.24) is 0 Å². The van der Waals surface area contributed by atoms with Gasteiger partial charge in [-0.2, -0.15) is 0 Å². The van der Waals surface area contributed by atoms with Crippen LogP contribution in [0, 0.1) is 0 Å². The zero-order valence-electron chi connectivity index (χ0n) is 15.0. The van der Waals surface area contributed by atoms with Crippen LogP contribution < -0.4 is 10.1 Å². The number of benzene rings is 3. The van der Waals surface area contributed by atoms with Crippen LogP contribution >= 0.6 is 0 Å². The van der Waals surface area contributed by atoms with Crippen molar-refractivity contribution in [3.8, 4) is 5.75 Å². The summed E-state index contributed by atoms with van der Waals surface area (Å²) < 4.78 is 5.36. The third-order valence-corrected chi connectivity index (χ3v) is 4.53. The van der Waals surface area contributed by atoms with Crippen LogP contribution in [0.3, 0.4) is 0 Å². The van der Waals surface area contributed by atoms with Crippen LogP contribution in [0.4, 0.5) is 5.69 Å². The van der Waals surface area contributed by atoms with Crippen molar-refractivity contribution in [1.29, 1.82) is 0 Å². The molecule has 0 radical (unpaired) electrons. The Kier molecular flexibility index (Phi) is 4.58. The zero-order valence-corrected chi connectivity index (χ0v) is 15.0. The van der Waals surface area contributed by atoms with Gasteiger partial charge in [-0.1, -0.05) is 54.6 Å². The fraction of sp³-hybridized carbons (Fsp3) is 0.0417. The first-order valence-corrected chi connectivity index (χ1v) is 8.78. The van der Waals surface area contributed by atoms with Gasteiger partial charge in [0.2, 0.25) is 0 Å². The van der Waals surface area contributed by atoms with Crippen molar-refractivity contribution >= 4 is 28.8 Å². The quantitative estimate of drug-likeness (QED) is 0.694. The maximum absolute atomic E-state index is 12.9. The summed E-state index contributed by atoms with van der Waals surface area (Å²) in [6.07, 6.45) is 4.03. The molecular formula is C24H19NO2. The van der Waals surface area contributed by atoms with Gasteiger partial charge in [-0.15, -0.1) is 0 Å². The molecule has 0 saturated carbocycles. The Balaban J connectivity index is 1.75. The topological polar surface area (TPSA) is 38.3 Å². The third-order valence-electron chi connectivity index (χ3n) is 4.53. The van der Waals surface area contributed by atoms with Gasteiger partial charge in [0.05, 0.1) is 7.11 Å². The number of methoxy groups -OCH3 is 1. The number of fused-ring (bicyclic) bond motifs is 1. The number of ether oxygens (including phenoxy) is 1. The number of hydrogen-bond acceptors (Lipinski definition) is 2. The molecule has 0 atom stereocenters. The molecule has 0 bridgehead atoms. The second kappa shape index (κ2) is 7.34. The Hall–Kier alpha value is -3.59. The van der Waals surface area contributed by atoms with Gasteiger partial charge in [-0.05, 0) is 58.7 Å². The molecule has 0 spiro atoms. The van der Waals surface area contributed by atoms with Crippen molar-refractivity contribution in [2.24, 2.45) is 0 Å². The van der Waals surface area contributed by atoms with Gasteiger partial charge in [0, 0.05) is 11.3 Å². The van der Waals surface area contributed by atoms with Crippen molar-refractivity contribution in [2.45, 2.75) is 0 Å². The molecule has 3 nitrogen and oxygen atoms in total. The minimum absolute atomic E-state index is 0.132. The van der Waals surface area contributed by atoms with E-state index in [1.54, 1.807) is 7.11 Å². The fourth-order valence-corrected chi connectivity index (χ4v) is 3.19. The van der Waals surface area contributed by atoms with Crippen molar-refractivity contribution < 1.29 is 9.53 Å². The van der Waals surface area contributed by atoms with Crippen molar-refractivity contribution in [3.63, 3.8) is 0 Å². The second-order valence-electron chi connectivity index (χ2n) is 6.30. The van der Waals surface area contributed by atoms with Crippen LogP contribution in [0.1, 0.15) is 16.7 Å². The average Bonchev–Trinajstić information content (AvgIpc) is 3.07. The molecule has 0 fully saturated rings. The van der Waals surface area contributed by atoms with Gasteiger partial charge >= 0.3 is 0 Å². The zero-order chi connectivity index (χ0) is 18.6. The summed E-state index contributed by atoms with van der Waals surface area (Å²) in [5.41, 5.74) is 5.42. The first-order valence-electron chi connectivity index (χ1n) is 8.78. The number of allylic oxidation sites excluding steroid dienone is 2. The van der Waals surface area contributed by atoms with E-state index in [2.05, 4.69) is 11.4 Å². The predicted octanol–water partition coefficient (Wildman–Crippen LogP) is 5.27. The first kappa shape index (κ1) is 16.9. The van der Waals surface area contributed by atoms with E-state index < -0.39 is 0 Å². The summed E-state index contributed by atoms with van der Waals surface area (Å²) in [6.45, 7) is 0. The Morgan fingerprint density at radius 2 is 1.59 bits per heavy atom. The number of para-hydroxylation sites is 1. The maximum atomic E-state index is 12.9. The van der Waals surface area contributed by atoms with Crippen LogP contribution in [-0.4, -0.2) is 13.0 Å². The Bertz CT molecular complexity index is 1030. The fourth-order valence-electron chi connectivity index (χ4n) is 3.19. The maximum Gasteiger partial charge on any atom is 0.256 e. The normalized spacial score (nSPS) is 13.8. The number of carbonyl (C=O) groups excluding carboxylic acids is 1. The molecule has 132 valence electrons. The molecule has 1 amide bonds. The molecule has 0 unspecified atom stereocenters. The van der Waals surface area contributed by atoms with E-state index in [0.29, 0.717) is 5.57 Å². The molecule has 0 aromatic heterocycles. The lowest BCUT2D eigenvalue weighted by Crippen LogP contribution is -2.12. The number of hydrogen-bond donors (Lipinski definition) is 1. The van der Waals surface area contributed by atoms with Gasteiger partial charge in [0.25, 0.3) is 5.91 Å². The Labute approximate surface area is 158 Å². The smallest absolute Gasteiger partial charge is 0.256 e. The van der Waals surface area contributed by atoms with Gasteiger partial charge in [-0.3, -0.25) is 4.79 Å². The molecule has 0 saturated heterocycles. The van der Waals surface area contributed by atoms with Crippen LogP contribution in [0.5, 0.6) is 5.75 Å². The van der Waals surface area contributed by atoms with Gasteiger partial charge in [-0.25, -0.2) is 0 Å². The van der Waals surface area contributed by atoms with Gasteiger partial charge in [0.15, 0.2) is 0 Å². The largest absolute Gasteiger partial charge is 0.497 e. The third kappa shape index (κ3) is 3.53. The lowest BCUT2D eigenvalue weighted by Gasteiger charge is -2.09. The van der Waals surface area contributed by atoms with Crippen LogP contribution in [0.2, 0.25) is 0 Å². The molecule has 27 heavy (non-hydrogen) atoms. The highest BCUT2D eigenvalue weighted by Gasteiger charge is 2.24. The summed E-state index contributed by atoms with van der Waals surface area (Å²) in [4.78, 5) is 12.9. The summed E-state index contributed by atoms with van der Waals surface area (Å²) in [5.74, 6) is 0.597. The SMILES string of the molecule is COc1ccc2c(c1)C(C(=O)Nc1ccccc1)=C/C2=C\c1ccccc1.